The van der Waals surface area contributed by atoms with Gasteiger partial charge in [-0.15, -0.1) is 0 Å². The molecular weight excluding hydrogens is 259 g/mol. The van der Waals surface area contributed by atoms with Crippen LogP contribution in [-0.2, 0) is 11.2 Å². The molecular formula is C13H16Cl2O2. The van der Waals surface area contributed by atoms with Crippen molar-refractivity contribution in [3.05, 3.63) is 33.8 Å². The summed E-state index contributed by atoms with van der Waals surface area (Å²) in [6, 6.07) is 5.51. The van der Waals surface area contributed by atoms with Crippen molar-refractivity contribution in [1.82, 2.24) is 0 Å². The van der Waals surface area contributed by atoms with E-state index >= 15 is 0 Å². The van der Waals surface area contributed by atoms with Crippen molar-refractivity contribution in [2.24, 2.45) is 5.92 Å². The van der Waals surface area contributed by atoms with Gasteiger partial charge in [-0.05, 0) is 42.9 Å². The number of ether oxygens (including phenoxy) is 1. The SMILES string of the molecule is OC(Cc1ccc(Cl)c(Cl)c1)C1CCOCC1. The summed E-state index contributed by atoms with van der Waals surface area (Å²) in [5.41, 5.74) is 1.03. The van der Waals surface area contributed by atoms with E-state index < -0.39 is 0 Å². The van der Waals surface area contributed by atoms with Crippen LogP contribution in [0.1, 0.15) is 18.4 Å². The van der Waals surface area contributed by atoms with E-state index in [0.717, 1.165) is 31.6 Å². The second-order valence-electron chi connectivity index (χ2n) is 4.47. The average Bonchev–Trinajstić information content (AvgIpc) is 2.35. The Hall–Kier alpha value is -0.280. The Morgan fingerprint density at radius 1 is 1.24 bits per heavy atom. The first-order valence-corrected chi connectivity index (χ1v) is 6.62. The highest BCUT2D eigenvalue weighted by Crippen LogP contribution is 2.26. The highest BCUT2D eigenvalue weighted by molar-refractivity contribution is 6.42. The molecule has 1 aliphatic heterocycles. The molecule has 2 nitrogen and oxygen atoms in total. The molecule has 17 heavy (non-hydrogen) atoms. The molecule has 0 aromatic heterocycles. The van der Waals surface area contributed by atoms with Crippen LogP contribution in [0.15, 0.2) is 18.2 Å². The number of hydrogen-bond acceptors (Lipinski definition) is 2. The number of hydrogen-bond donors (Lipinski definition) is 1. The molecule has 94 valence electrons. The van der Waals surface area contributed by atoms with Crippen molar-refractivity contribution < 1.29 is 9.84 Å². The zero-order chi connectivity index (χ0) is 12.3. The van der Waals surface area contributed by atoms with E-state index in [1.54, 1.807) is 6.07 Å². The van der Waals surface area contributed by atoms with E-state index in [1.807, 2.05) is 12.1 Å². The lowest BCUT2D eigenvalue weighted by Crippen LogP contribution is -2.28. The number of halogens is 2. The normalized spacial score (nSPS) is 19.2. The summed E-state index contributed by atoms with van der Waals surface area (Å²) in [5, 5.41) is 11.3. The van der Waals surface area contributed by atoms with Gasteiger partial charge in [0.05, 0.1) is 16.1 Å². The Bertz CT molecular complexity index is 376. The van der Waals surface area contributed by atoms with Crippen LogP contribution in [0.3, 0.4) is 0 Å². The van der Waals surface area contributed by atoms with Crippen LogP contribution in [-0.4, -0.2) is 24.4 Å². The summed E-state index contributed by atoms with van der Waals surface area (Å²) in [6.45, 7) is 1.51. The number of aliphatic hydroxyl groups is 1. The minimum atomic E-state index is -0.323. The van der Waals surface area contributed by atoms with Crippen molar-refractivity contribution >= 4 is 23.2 Å². The predicted octanol–water partition coefficient (Wildman–Crippen LogP) is 3.32. The van der Waals surface area contributed by atoms with Crippen LogP contribution in [0.5, 0.6) is 0 Å². The largest absolute Gasteiger partial charge is 0.392 e. The summed E-state index contributed by atoms with van der Waals surface area (Å²) in [6.07, 6.45) is 2.17. The molecule has 0 bridgehead atoms. The van der Waals surface area contributed by atoms with Crippen LogP contribution in [0, 0.1) is 5.92 Å². The first-order valence-electron chi connectivity index (χ1n) is 5.86. The summed E-state index contributed by atoms with van der Waals surface area (Å²) >= 11 is 11.8. The number of rotatable bonds is 3. The summed E-state index contributed by atoms with van der Waals surface area (Å²) in [5.74, 6) is 0.332. The van der Waals surface area contributed by atoms with Crippen molar-refractivity contribution in [2.45, 2.75) is 25.4 Å². The molecule has 0 spiro atoms. The Labute approximate surface area is 111 Å². The maximum Gasteiger partial charge on any atom is 0.0610 e. The van der Waals surface area contributed by atoms with Crippen LogP contribution in [0.4, 0.5) is 0 Å². The summed E-state index contributed by atoms with van der Waals surface area (Å²) in [4.78, 5) is 0. The molecule has 1 aromatic rings. The fraction of sp³-hybridized carbons (Fsp3) is 0.538. The van der Waals surface area contributed by atoms with Gasteiger partial charge in [-0.25, -0.2) is 0 Å². The fourth-order valence-corrected chi connectivity index (χ4v) is 2.50. The summed E-state index contributed by atoms with van der Waals surface area (Å²) < 4.78 is 5.29. The first-order chi connectivity index (χ1) is 8.16. The van der Waals surface area contributed by atoms with E-state index in [0.29, 0.717) is 22.4 Å². The van der Waals surface area contributed by atoms with Crippen LogP contribution >= 0.6 is 23.2 Å². The van der Waals surface area contributed by atoms with Gasteiger partial charge < -0.3 is 9.84 Å². The van der Waals surface area contributed by atoms with Crippen LogP contribution in [0.2, 0.25) is 10.0 Å². The number of aliphatic hydroxyl groups excluding tert-OH is 1. The van der Waals surface area contributed by atoms with Gasteiger partial charge in [-0.3, -0.25) is 0 Å². The molecule has 1 saturated heterocycles. The van der Waals surface area contributed by atoms with Crippen LogP contribution < -0.4 is 0 Å². The van der Waals surface area contributed by atoms with Gasteiger partial charge >= 0.3 is 0 Å². The van der Waals surface area contributed by atoms with Crippen molar-refractivity contribution in [1.29, 1.82) is 0 Å². The van der Waals surface area contributed by atoms with E-state index in [4.69, 9.17) is 27.9 Å². The smallest absolute Gasteiger partial charge is 0.0610 e. The molecule has 1 fully saturated rings. The van der Waals surface area contributed by atoms with Gasteiger partial charge in [-0.2, -0.15) is 0 Å². The maximum atomic E-state index is 10.2. The quantitative estimate of drug-likeness (QED) is 0.916. The van der Waals surface area contributed by atoms with Crippen molar-refractivity contribution in [2.75, 3.05) is 13.2 Å². The Morgan fingerprint density at radius 2 is 1.94 bits per heavy atom. The molecule has 4 heteroatoms. The lowest BCUT2D eigenvalue weighted by atomic mass is 9.90. The Morgan fingerprint density at radius 3 is 2.59 bits per heavy atom. The topological polar surface area (TPSA) is 29.5 Å². The average molecular weight is 275 g/mol. The molecule has 1 aliphatic rings. The zero-order valence-corrected chi connectivity index (χ0v) is 11.0. The third-order valence-corrected chi connectivity index (χ3v) is 3.98. The Balaban J connectivity index is 1.96. The summed E-state index contributed by atoms with van der Waals surface area (Å²) in [7, 11) is 0. The molecule has 1 heterocycles. The molecule has 1 N–H and O–H groups in total. The highest BCUT2D eigenvalue weighted by Gasteiger charge is 2.22. The third-order valence-electron chi connectivity index (χ3n) is 3.24. The van der Waals surface area contributed by atoms with Gasteiger partial charge in [0.25, 0.3) is 0 Å². The zero-order valence-electron chi connectivity index (χ0n) is 9.53. The monoisotopic (exact) mass is 274 g/mol. The van der Waals surface area contributed by atoms with E-state index in [-0.39, 0.29) is 6.10 Å². The van der Waals surface area contributed by atoms with Gasteiger partial charge in [0, 0.05) is 13.2 Å². The van der Waals surface area contributed by atoms with Crippen molar-refractivity contribution in [3.63, 3.8) is 0 Å². The lowest BCUT2D eigenvalue weighted by Gasteiger charge is -2.26. The third kappa shape index (κ3) is 3.59. The minimum absolute atomic E-state index is 0.323. The first kappa shape index (κ1) is 13.2. The molecule has 0 saturated carbocycles. The Kier molecular flexibility index (Phi) is 4.69. The molecule has 1 aromatic carbocycles. The maximum absolute atomic E-state index is 10.2. The number of benzene rings is 1. The molecule has 1 unspecified atom stereocenters. The minimum Gasteiger partial charge on any atom is -0.392 e. The second kappa shape index (κ2) is 6.05. The van der Waals surface area contributed by atoms with Gasteiger partial charge in [0.1, 0.15) is 0 Å². The molecule has 0 amide bonds. The molecule has 0 aliphatic carbocycles. The van der Waals surface area contributed by atoms with Gasteiger partial charge in [0.2, 0.25) is 0 Å². The predicted molar refractivity (Wildman–Crippen MR) is 69.7 cm³/mol. The second-order valence-corrected chi connectivity index (χ2v) is 5.28. The molecule has 2 rings (SSSR count). The standard InChI is InChI=1S/C13H16Cl2O2/c14-11-2-1-9(7-12(11)15)8-13(16)10-3-5-17-6-4-10/h1-2,7,10,13,16H,3-6,8H2. The van der Waals surface area contributed by atoms with E-state index in [1.165, 1.54) is 0 Å². The lowest BCUT2D eigenvalue weighted by molar-refractivity contribution is 0.00840. The van der Waals surface area contributed by atoms with E-state index in [2.05, 4.69) is 0 Å². The van der Waals surface area contributed by atoms with Gasteiger partial charge in [-0.1, -0.05) is 29.3 Å². The molecule has 0 radical (unpaired) electrons. The van der Waals surface area contributed by atoms with Crippen LogP contribution in [0.25, 0.3) is 0 Å². The van der Waals surface area contributed by atoms with Crippen molar-refractivity contribution in [3.8, 4) is 0 Å². The van der Waals surface area contributed by atoms with E-state index in [9.17, 15) is 5.11 Å². The highest BCUT2D eigenvalue weighted by atomic mass is 35.5. The fourth-order valence-electron chi connectivity index (χ4n) is 2.18. The van der Waals surface area contributed by atoms with Gasteiger partial charge in [0.15, 0.2) is 0 Å². The molecule has 1 atom stereocenters.